The Hall–Kier alpha value is -2.47. The zero-order valence-corrected chi connectivity index (χ0v) is 13.2. The molecule has 4 rings (SSSR count). The number of hydrogen-bond donors (Lipinski definition) is 1. The standard InChI is InChI=1S/C17H20N6/c1-22-5-2-6-23(8-7-22)15-3-4-20-17-16(15)14(11-21-17)13-9-18-12-19-10-13/h3-4,9-12H,2,5-8H2,1H3,(H,20,21). The lowest BCUT2D eigenvalue weighted by Gasteiger charge is -2.24. The van der Waals surface area contributed by atoms with Gasteiger partial charge in [0, 0.05) is 61.2 Å². The first-order valence-electron chi connectivity index (χ1n) is 7.98. The number of anilines is 1. The van der Waals surface area contributed by atoms with Gasteiger partial charge in [-0.2, -0.15) is 0 Å². The van der Waals surface area contributed by atoms with Crippen molar-refractivity contribution in [3.8, 4) is 11.1 Å². The first-order valence-corrected chi connectivity index (χ1v) is 7.98. The Morgan fingerprint density at radius 3 is 2.83 bits per heavy atom. The fourth-order valence-electron chi connectivity index (χ4n) is 3.26. The van der Waals surface area contributed by atoms with Crippen LogP contribution in [-0.4, -0.2) is 58.1 Å². The van der Waals surface area contributed by atoms with Crippen molar-refractivity contribution in [3.05, 3.63) is 37.2 Å². The van der Waals surface area contributed by atoms with Crippen LogP contribution in [0.4, 0.5) is 5.69 Å². The lowest BCUT2D eigenvalue weighted by Crippen LogP contribution is -2.28. The van der Waals surface area contributed by atoms with E-state index in [0.29, 0.717) is 0 Å². The molecule has 1 aliphatic heterocycles. The second-order valence-corrected chi connectivity index (χ2v) is 6.03. The largest absolute Gasteiger partial charge is 0.370 e. The molecule has 1 N–H and O–H groups in total. The SMILES string of the molecule is CN1CCCN(c2ccnc3[nH]cc(-c4cncnc4)c23)CC1. The zero-order chi connectivity index (χ0) is 15.6. The summed E-state index contributed by atoms with van der Waals surface area (Å²) in [6, 6.07) is 2.12. The first kappa shape index (κ1) is 14.1. The first-order chi connectivity index (χ1) is 11.3. The van der Waals surface area contributed by atoms with E-state index in [1.54, 1.807) is 6.33 Å². The second-order valence-electron chi connectivity index (χ2n) is 6.03. The molecule has 1 fully saturated rings. The number of fused-ring (bicyclic) bond motifs is 1. The van der Waals surface area contributed by atoms with E-state index in [9.17, 15) is 0 Å². The van der Waals surface area contributed by atoms with E-state index in [1.165, 1.54) is 12.1 Å². The van der Waals surface area contributed by atoms with Crippen LogP contribution in [0.25, 0.3) is 22.2 Å². The minimum Gasteiger partial charge on any atom is -0.370 e. The Labute approximate surface area is 135 Å². The molecule has 0 aliphatic carbocycles. The maximum absolute atomic E-state index is 4.49. The average Bonchev–Trinajstić information content (AvgIpc) is 2.91. The van der Waals surface area contributed by atoms with Gasteiger partial charge in [-0.15, -0.1) is 0 Å². The summed E-state index contributed by atoms with van der Waals surface area (Å²) in [4.78, 5) is 20.9. The number of likely N-dealkylation sites (N-methyl/N-ethyl adjacent to an activating group) is 1. The number of aromatic amines is 1. The van der Waals surface area contributed by atoms with Gasteiger partial charge >= 0.3 is 0 Å². The Kier molecular flexibility index (Phi) is 3.67. The molecule has 0 unspecified atom stereocenters. The van der Waals surface area contributed by atoms with E-state index in [4.69, 9.17) is 0 Å². The molecule has 0 atom stereocenters. The van der Waals surface area contributed by atoms with E-state index >= 15 is 0 Å². The number of pyridine rings is 1. The summed E-state index contributed by atoms with van der Waals surface area (Å²) in [5.41, 5.74) is 4.28. The van der Waals surface area contributed by atoms with Gasteiger partial charge in [-0.1, -0.05) is 0 Å². The van der Waals surface area contributed by atoms with Gasteiger partial charge in [0.2, 0.25) is 0 Å². The maximum Gasteiger partial charge on any atom is 0.139 e. The molecule has 0 spiro atoms. The van der Waals surface area contributed by atoms with E-state index in [2.05, 4.69) is 42.8 Å². The van der Waals surface area contributed by atoms with Gasteiger partial charge in [-0.05, 0) is 26.1 Å². The van der Waals surface area contributed by atoms with E-state index in [1.807, 2.05) is 24.8 Å². The molecular weight excluding hydrogens is 288 g/mol. The van der Waals surface area contributed by atoms with Crippen molar-refractivity contribution in [2.24, 2.45) is 0 Å². The zero-order valence-electron chi connectivity index (χ0n) is 13.2. The fourth-order valence-corrected chi connectivity index (χ4v) is 3.26. The molecule has 3 aromatic rings. The highest BCUT2D eigenvalue weighted by molar-refractivity contribution is 6.02. The average molecular weight is 308 g/mol. The molecule has 0 amide bonds. The molecular formula is C17H20N6. The van der Waals surface area contributed by atoms with E-state index in [-0.39, 0.29) is 0 Å². The van der Waals surface area contributed by atoms with Crippen molar-refractivity contribution in [2.45, 2.75) is 6.42 Å². The summed E-state index contributed by atoms with van der Waals surface area (Å²) in [5.74, 6) is 0. The number of nitrogens with one attached hydrogen (secondary N) is 1. The minimum atomic E-state index is 0.916. The third-order valence-corrected chi connectivity index (χ3v) is 4.48. The molecule has 0 bridgehead atoms. The molecule has 23 heavy (non-hydrogen) atoms. The highest BCUT2D eigenvalue weighted by Gasteiger charge is 2.18. The molecule has 3 aromatic heterocycles. The lowest BCUT2D eigenvalue weighted by atomic mass is 10.1. The van der Waals surface area contributed by atoms with Crippen LogP contribution in [0.1, 0.15) is 6.42 Å². The molecule has 6 heteroatoms. The highest BCUT2D eigenvalue weighted by Crippen LogP contribution is 2.34. The second kappa shape index (κ2) is 5.96. The van der Waals surface area contributed by atoms with Crippen molar-refractivity contribution in [3.63, 3.8) is 0 Å². The minimum absolute atomic E-state index is 0.916. The fraction of sp³-hybridized carbons (Fsp3) is 0.353. The summed E-state index contributed by atoms with van der Waals surface area (Å²) in [6.45, 7) is 4.33. The summed E-state index contributed by atoms with van der Waals surface area (Å²) in [6.07, 6.45) is 10.3. The Balaban J connectivity index is 1.82. The molecule has 6 nitrogen and oxygen atoms in total. The maximum atomic E-state index is 4.49. The van der Waals surface area contributed by atoms with Crippen LogP contribution in [-0.2, 0) is 0 Å². The number of H-pyrrole nitrogens is 1. The molecule has 1 saturated heterocycles. The van der Waals surface area contributed by atoms with Gasteiger partial charge in [-0.25, -0.2) is 15.0 Å². The number of rotatable bonds is 2. The van der Waals surface area contributed by atoms with Crippen LogP contribution >= 0.6 is 0 Å². The third-order valence-electron chi connectivity index (χ3n) is 4.48. The molecule has 0 radical (unpaired) electrons. The number of nitrogens with zero attached hydrogens (tertiary/aromatic N) is 5. The van der Waals surface area contributed by atoms with Crippen LogP contribution in [0.15, 0.2) is 37.2 Å². The van der Waals surface area contributed by atoms with Gasteiger partial charge in [0.25, 0.3) is 0 Å². The predicted molar refractivity (Wildman–Crippen MR) is 91.4 cm³/mol. The van der Waals surface area contributed by atoms with Gasteiger partial charge in [-0.3, -0.25) is 0 Å². The summed E-state index contributed by atoms with van der Waals surface area (Å²) < 4.78 is 0. The van der Waals surface area contributed by atoms with Gasteiger partial charge in [0.05, 0.1) is 5.39 Å². The van der Waals surface area contributed by atoms with Crippen molar-refractivity contribution in [1.82, 2.24) is 24.8 Å². The lowest BCUT2D eigenvalue weighted by molar-refractivity contribution is 0.360. The predicted octanol–water partition coefficient (Wildman–Crippen LogP) is 2.16. The summed E-state index contributed by atoms with van der Waals surface area (Å²) >= 11 is 0. The summed E-state index contributed by atoms with van der Waals surface area (Å²) in [7, 11) is 2.19. The number of aromatic nitrogens is 4. The smallest absolute Gasteiger partial charge is 0.139 e. The van der Waals surface area contributed by atoms with Crippen LogP contribution in [0, 0.1) is 0 Å². The Bertz CT molecular complexity index is 797. The Morgan fingerprint density at radius 1 is 1.09 bits per heavy atom. The van der Waals surface area contributed by atoms with Crippen molar-refractivity contribution < 1.29 is 0 Å². The van der Waals surface area contributed by atoms with Gasteiger partial charge in [0.15, 0.2) is 0 Å². The van der Waals surface area contributed by atoms with E-state index in [0.717, 1.165) is 48.3 Å². The van der Waals surface area contributed by atoms with Crippen LogP contribution in [0.5, 0.6) is 0 Å². The number of hydrogen-bond acceptors (Lipinski definition) is 5. The monoisotopic (exact) mass is 308 g/mol. The highest BCUT2D eigenvalue weighted by atomic mass is 15.2. The third kappa shape index (κ3) is 2.66. The molecule has 4 heterocycles. The van der Waals surface area contributed by atoms with Gasteiger partial charge in [0.1, 0.15) is 12.0 Å². The van der Waals surface area contributed by atoms with Crippen molar-refractivity contribution in [2.75, 3.05) is 38.1 Å². The van der Waals surface area contributed by atoms with Crippen molar-refractivity contribution in [1.29, 1.82) is 0 Å². The summed E-state index contributed by atoms with van der Waals surface area (Å²) in [5, 5.41) is 1.16. The molecule has 0 saturated carbocycles. The van der Waals surface area contributed by atoms with Crippen LogP contribution in [0.3, 0.4) is 0 Å². The molecule has 0 aromatic carbocycles. The van der Waals surface area contributed by atoms with Gasteiger partial charge < -0.3 is 14.8 Å². The Morgan fingerprint density at radius 2 is 1.96 bits per heavy atom. The molecule has 118 valence electrons. The van der Waals surface area contributed by atoms with E-state index < -0.39 is 0 Å². The topological polar surface area (TPSA) is 60.9 Å². The molecule has 1 aliphatic rings. The quantitative estimate of drug-likeness (QED) is 0.786. The van der Waals surface area contributed by atoms with Crippen LogP contribution < -0.4 is 4.90 Å². The van der Waals surface area contributed by atoms with Crippen LogP contribution in [0.2, 0.25) is 0 Å². The normalized spacial score (nSPS) is 16.7. The van der Waals surface area contributed by atoms with Crippen molar-refractivity contribution >= 4 is 16.7 Å².